The first-order valence-electron chi connectivity index (χ1n) is 9.35. The zero-order valence-electron chi connectivity index (χ0n) is 14.0. The fourth-order valence-corrected chi connectivity index (χ4v) is 5.71. The van der Waals surface area contributed by atoms with Crippen molar-refractivity contribution in [1.82, 2.24) is 9.88 Å². The Labute approximate surface area is 142 Å². The summed E-state index contributed by atoms with van der Waals surface area (Å²) in [5, 5.41) is 1.38. The summed E-state index contributed by atoms with van der Waals surface area (Å²) in [6.07, 6.45) is 5.62. The summed E-state index contributed by atoms with van der Waals surface area (Å²) in [4.78, 5) is 18.3. The van der Waals surface area contributed by atoms with Crippen molar-refractivity contribution >= 4 is 16.8 Å². The summed E-state index contributed by atoms with van der Waals surface area (Å²) in [6, 6.07) is 9.07. The van der Waals surface area contributed by atoms with Crippen molar-refractivity contribution in [3.8, 4) is 0 Å². The van der Waals surface area contributed by atoms with Gasteiger partial charge in [-0.25, -0.2) is 0 Å². The van der Waals surface area contributed by atoms with E-state index >= 15 is 0 Å². The molecule has 4 heteroatoms. The van der Waals surface area contributed by atoms with Crippen LogP contribution in [0.15, 0.2) is 24.3 Å². The van der Waals surface area contributed by atoms with Crippen LogP contribution in [0.1, 0.15) is 43.0 Å². The van der Waals surface area contributed by atoms with Gasteiger partial charge in [-0.2, -0.15) is 0 Å². The number of nitrogens with one attached hydrogen (secondary N) is 1. The molecule has 1 aromatic heterocycles. The average Bonchev–Trinajstić information content (AvgIpc) is 2.98. The smallest absolute Gasteiger partial charge is 0.220 e. The first-order chi connectivity index (χ1) is 11.7. The topological polar surface area (TPSA) is 62.1 Å². The van der Waals surface area contributed by atoms with Gasteiger partial charge in [0.05, 0.1) is 6.04 Å². The number of para-hydroxylation sites is 1. The van der Waals surface area contributed by atoms with Gasteiger partial charge in [0.25, 0.3) is 0 Å². The Balaban J connectivity index is 1.54. The number of hydrogen-bond acceptors (Lipinski definition) is 2. The summed E-state index contributed by atoms with van der Waals surface area (Å²) in [7, 11) is 0. The van der Waals surface area contributed by atoms with Gasteiger partial charge in [-0.3, -0.25) is 9.69 Å². The number of hydrogen-bond donors (Lipinski definition) is 2. The van der Waals surface area contributed by atoms with Crippen LogP contribution in [0.4, 0.5) is 0 Å². The van der Waals surface area contributed by atoms with Crippen LogP contribution in [-0.2, 0) is 11.2 Å². The van der Waals surface area contributed by atoms with E-state index < -0.39 is 0 Å². The molecule has 3 heterocycles. The van der Waals surface area contributed by atoms with Crippen LogP contribution < -0.4 is 5.73 Å². The minimum Gasteiger partial charge on any atom is -0.369 e. The van der Waals surface area contributed by atoms with E-state index in [2.05, 4.69) is 34.1 Å². The number of fused-ring (bicyclic) bond motifs is 6. The fraction of sp³-hybridized carbons (Fsp3) is 0.550. The minimum absolute atomic E-state index is 0.0779. The quantitative estimate of drug-likeness (QED) is 0.847. The lowest BCUT2D eigenvalue weighted by molar-refractivity contribution is -0.127. The first kappa shape index (κ1) is 14.5. The molecular weight excluding hydrogens is 298 g/mol. The van der Waals surface area contributed by atoms with Crippen molar-refractivity contribution in [1.29, 1.82) is 0 Å². The van der Waals surface area contributed by atoms with Crippen molar-refractivity contribution < 1.29 is 4.79 Å². The van der Waals surface area contributed by atoms with E-state index in [9.17, 15) is 4.79 Å². The zero-order chi connectivity index (χ0) is 16.3. The van der Waals surface area contributed by atoms with Crippen molar-refractivity contribution in [3.05, 3.63) is 35.5 Å². The Bertz CT molecular complexity index is 795. The first-order valence-corrected chi connectivity index (χ1v) is 9.35. The van der Waals surface area contributed by atoms with Gasteiger partial charge in [-0.15, -0.1) is 0 Å². The number of H-pyrrole nitrogens is 1. The zero-order valence-corrected chi connectivity index (χ0v) is 14.0. The molecular formula is C20H25N3O. The second kappa shape index (κ2) is 5.35. The predicted octanol–water partition coefficient (Wildman–Crippen LogP) is 2.99. The van der Waals surface area contributed by atoms with Crippen molar-refractivity contribution in [2.45, 2.75) is 38.1 Å². The molecule has 2 aromatic rings. The summed E-state index contributed by atoms with van der Waals surface area (Å²) in [5.41, 5.74) is 9.88. The number of nitrogens with two attached hydrogens (primary N) is 1. The van der Waals surface area contributed by atoms with Gasteiger partial charge in [0.1, 0.15) is 0 Å². The largest absolute Gasteiger partial charge is 0.369 e. The summed E-state index contributed by atoms with van der Waals surface area (Å²) < 4.78 is 0. The lowest BCUT2D eigenvalue weighted by atomic mass is 9.66. The molecule has 1 aliphatic carbocycles. The van der Waals surface area contributed by atoms with Crippen LogP contribution in [0, 0.1) is 17.8 Å². The molecule has 1 unspecified atom stereocenters. The number of aromatic amines is 1. The maximum absolute atomic E-state index is 12.0. The molecule has 126 valence electrons. The molecule has 0 bridgehead atoms. The standard InChI is InChI=1S/C20H25N3O/c21-20(24)15-6-3-4-12-11-23-9-8-14-13-5-1-2-7-17(13)22-19(14)18(23)10-16(12)15/h1-2,5,7,12,15-16,18,22H,3-4,6,8-11H2,(H2,21,24)/t12-,15?,16-,18-/m0/s1. The van der Waals surface area contributed by atoms with Crippen LogP contribution >= 0.6 is 0 Å². The lowest BCUT2D eigenvalue weighted by Gasteiger charge is -2.50. The van der Waals surface area contributed by atoms with Crippen molar-refractivity contribution in [2.75, 3.05) is 13.1 Å². The monoisotopic (exact) mass is 323 g/mol. The van der Waals surface area contributed by atoms with Gasteiger partial charge in [0.2, 0.25) is 5.91 Å². The third-order valence-corrected chi connectivity index (χ3v) is 6.81. The van der Waals surface area contributed by atoms with Crippen molar-refractivity contribution in [2.24, 2.45) is 23.5 Å². The van der Waals surface area contributed by atoms with Crippen LogP contribution in [0.3, 0.4) is 0 Å². The molecule has 1 amide bonds. The highest BCUT2D eigenvalue weighted by molar-refractivity contribution is 5.85. The molecule has 1 aromatic carbocycles. The normalized spacial score (nSPS) is 32.8. The number of amides is 1. The highest BCUT2D eigenvalue weighted by Crippen LogP contribution is 2.48. The van der Waals surface area contributed by atoms with E-state index in [1.807, 2.05) is 0 Å². The number of benzene rings is 1. The molecule has 0 radical (unpaired) electrons. The van der Waals surface area contributed by atoms with Gasteiger partial charge in [0, 0.05) is 35.6 Å². The maximum Gasteiger partial charge on any atom is 0.220 e. The Morgan fingerprint density at radius 1 is 1.25 bits per heavy atom. The Kier molecular flexibility index (Phi) is 3.24. The van der Waals surface area contributed by atoms with Crippen LogP contribution in [0.25, 0.3) is 10.9 Å². The lowest BCUT2D eigenvalue weighted by Crippen LogP contribution is -2.50. The summed E-state index contributed by atoms with van der Waals surface area (Å²) in [5.74, 6) is 1.12. The van der Waals surface area contributed by atoms with E-state index in [0.29, 0.717) is 17.9 Å². The molecule has 4 atom stereocenters. The minimum atomic E-state index is -0.0779. The highest BCUT2D eigenvalue weighted by Gasteiger charge is 2.45. The van der Waals surface area contributed by atoms with Crippen LogP contribution in [-0.4, -0.2) is 28.9 Å². The summed E-state index contributed by atoms with van der Waals surface area (Å²) >= 11 is 0. The van der Waals surface area contributed by atoms with Gasteiger partial charge >= 0.3 is 0 Å². The van der Waals surface area contributed by atoms with E-state index in [4.69, 9.17) is 5.73 Å². The molecule has 4 nitrogen and oxygen atoms in total. The number of rotatable bonds is 1. The number of carbonyl (C=O) groups excluding carboxylic acids is 1. The number of aromatic nitrogens is 1. The second-order valence-corrected chi connectivity index (χ2v) is 7.92. The maximum atomic E-state index is 12.0. The Hall–Kier alpha value is -1.81. The average molecular weight is 323 g/mol. The van der Waals surface area contributed by atoms with Gasteiger partial charge < -0.3 is 10.7 Å². The van der Waals surface area contributed by atoms with E-state index in [1.165, 1.54) is 28.6 Å². The van der Waals surface area contributed by atoms with Gasteiger partial charge in [-0.05, 0) is 49.1 Å². The highest BCUT2D eigenvalue weighted by atomic mass is 16.1. The molecule has 2 fully saturated rings. The second-order valence-electron chi connectivity index (χ2n) is 7.92. The molecule has 2 aliphatic heterocycles. The molecule has 1 saturated heterocycles. The third-order valence-electron chi connectivity index (χ3n) is 6.81. The number of piperidine rings is 1. The number of nitrogens with zero attached hydrogens (tertiary/aromatic N) is 1. The molecule has 3 aliphatic rings. The van der Waals surface area contributed by atoms with Gasteiger partial charge in [-0.1, -0.05) is 24.6 Å². The predicted molar refractivity (Wildman–Crippen MR) is 94.4 cm³/mol. The van der Waals surface area contributed by atoms with E-state index in [1.54, 1.807) is 0 Å². The molecule has 5 rings (SSSR count). The number of primary amides is 1. The van der Waals surface area contributed by atoms with Gasteiger partial charge in [0.15, 0.2) is 0 Å². The molecule has 1 saturated carbocycles. The fourth-order valence-electron chi connectivity index (χ4n) is 5.71. The molecule has 3 N–H and O–H groups in total. The van der Waals surface area contributed by atoms with Crippen LogP contribution in [0.2, 0.25) is 0 Å². The molecule has 24 heavy (non-hydrogen) atoms. The van der Waals surface area contributed by atoms with Crippen LogP contribution in [0.5, 0.6) is 0 Å². The molecule has 0 spiro atoms. The Morgan fingerprint density at radius 2 is 2.12 bits per heavy atom. The van der Waals surface area contributed by atoms with Crippen molar-refractivity contribution in [3.63, 3.8) is 0 Å². The SMILES string of the molecule is NC(=O)C1CCC[C@H]2CN3CCc4c([nH]c5ccccc45)[C@@H]3C[C@H]12. The number of carbonyl (C=O) groups is 1. The Morgan fingerprint density at radius 3 is 3.00 bits per heavy atom. The van der Waals surface area contributed by atoms with E-state index in [0.717, 1.165) is 38.8 Å². The van der Waals surface area contributed by atoms with E-state index in [-0.39, 0.29) is 11.8 Å². The third kappa shape index (κ3) is 2.05. The summed E-state index contributed by atoms with van der Waals surface area (Å²) in [6.45, 7) is 2.28.